The lowest BCUT2D eigenvalue weighted by atomic mass is 9.98. The molecule has 0 amide bonds. The van der Waals surface area contributed by atoms with Crippen molar-refractivity contribution in [3.63, 3.8) is 0 Å². The summed E-state index contributed by atoms with van der Waals surface area (Å²) in [6.45, 7) is 1.01. The second-order valence-electron chi connectivity index (χ2n) is 4.22. The second-order valence-corrected chi connectivity index (χ2v) is 4.22. The molecule has 0 aromatic heterocycles. The van der Waals surface area contributed by atoms with Crippen LogP contribution >= 0.6 is 0 Å². The lowest BCUT2D eigenvalue weighted by Gasteiger charge is -2.22. The van der Waals surface area contributed by atoms with E-state index in [4.69, 9.17) is 4.74 Å². The fourth-order valence-electron chi connectivity index (χ4n) is 1.72. The highest BCUT2D eigenvalue weighted by atomic mass is 19.4. The van der Waals surface area contributed by atoms with Gasteiger partial charge in [-0.3, -0.25) is 0 Å². The van der Waals surface area contributed by atoms with Crippen LogP contribution in [0.3, 0.4) is 0 Å². The van der Waals surface area contributed by atoms with Gasteiger partial charge in [-0.1, -0.05) is 6.42 Å². The van der Waals surface area contributed by atoms with Gasteiger partial charge in [-0.15, -0.1) is 0 Å². The van der Waals surface area contributed by atoms with Gasteiger partial charge in [0, 0.05) is 6.92 Å². The van der Waals surface area contributed by atoms with E-state index in [1.165, 1.54) is 0 Å². The number of esters is 1. The van der Waals surface area contributed by atoms with Gasteiger partial charge in [-0.25, -0.2) is 9.59 Å². The van der Waals surface area contributed by atoms with Crippen molar-refractivity contribution in [3.8, 4) is 0 Å². The van der Waals surface area contributed by atoms with E-state index in [1.807, 2.05) is 0 Å². The molecule has 0 aliphatic heterocycles. The molecule has 0 saturated heterocycles. The third-order valence-corrected chi connectivity index (χ3v) is 2.58. The number of rotatable bonds is 3. The molecule has 0 bridgehead atoms. The van der Waals surface area contributed by atoms with Crippen molar-refractivity contribution in [3.05, 3.63) is 0 Å². The predicted molar refractivity (Wildman–Crippen MR) is 56.0 cm³/mol. The number of carbonyl (C=O) groups is 2. The molecule has 110 valence electrons. The van der Waals surface area contributed by atoms with Crippen molar-refractivity contribution >= 4 is 12.1 Å². The Morgan fingerprint density at radius 2 is 1.68 bits per heavy atom. The van der Waals surface area contributed by atoms with Crippen LogP contribution in [0.25, 0.3) is 0 Å². The summed E-state index contributed by atoms with van der Waals surface area (Å²) < 4.78 is 48.8. The van der Waals surface area contributed by atoms with Crippen LogP contribution in [0, 0.1) is 0 Å². The van der Waals surface area contributed by atoms with E-state index in [1.54, 1.807) is 0 Å². The summed E-state index contributed by atoms with van der Waals surface area (Å²) in [5, 5.41) is 0. The zero-order valence-corrected chi connectivity index (χ0v) is 10.4. The highest BCUT2D eigenvalue weighted by Gasteiger charge is 2.42. The zero-order chi connectivity index (χ0) is 14.5. The van der Waals surface area contributed by atoms with Crippen LogP contribution in [0.15, 0.2) is 0 Å². The van der Waals surface area contributed by atoms with E-state index in [9.17, 15) is 22.8 Å². The fraction of sp³-hybridized carbons (Fsp3) is 0.818. The fourth-order valence-corrected chi connectivity index (χ4v) is 1.72. The Morgan fingerprint density at radius 3 is 2.21 bits per heavy atom. The molecular formula is C11H15F3O5. The summed E-state index contributed by atoms with van der Waals surface area (Å²) in [6, 6.07) is 0. The van der Waals surface area contributed by atoms with E-state index in [0.29, 0.717) is 12.8 Å². The van der Waals surface area contributed by atoms with Gasteiger partial charge in [0.2, 0.25) is 6.29 Å². The molecule has 0 aromatic rings. The lowest BCUT2D eigenvalue weighted by Crippen LogP contribution is -2.32. The quantitative estimate of drug-likeness (QED) is 0.589. The summed E-state index contributed by atoms with van der Waals surface area (Å²) in [6.07, 6.45) is -3.86. The average Bonchev–Trinajstić information content (AvgIpc) is 2.28. The van der Waals surface area contributed by atoms with Crippen LogP contribution in [0.5, 0.6) is 0 Å². The minimum Gasteiger partial charge on any atom is -0.431 e. The summed E-state index contributed by atoms with van der Waals surface area (Å²) in [7, 11) is 0. The number of carbonyl (C=O) groups excluding carboxylic acids is 2. The Bertz CT molecular complexity index is 323. The van der Waals surface area contributed by atoms with Crippen LogP contribution in [0.1, 0.15) is 39.0 Å². The molecule has 1 aliphatic rings. The molecule has 1 saturated carbocycles. The van der Waals surface area contributed by atoms with Gasteiger partial charge in [0.05, 0.1) is 0 Å². The van der Waals surface area contributed by atoms with Gasteiger partial charge in [0.15, 0.2) is 0 Å². The molecule has 5 nitrogen and oxygen atoms in total. The van der Waals surface area contributed by atoms with E-state index >= 15 is 0 Å². The Hall–Kier alpha value is -1.47. The van der Waals surface area contributed by atoms with E-state index in [-0.39, 0.29) is 6.10 Å². The minimum absolute atomic E-state index is 0.285. The number of hydrogen-bond acceptors (Lipinski definition) is 5. The smallest absolute Gasteiger partial charge is 0.431 e. The summed E-state index contributed by atoms with van der Waals surface area (Å²) in [4.78, 5) is 21.7. The first-order valence-electron chi connectivity index (χ1n) is 5.94. The van der Waals surface area contributed by atoms with Crippen LogP contribution in [0.4, 0.5) is 18.0 Å². The maximum absolute atomic E-state index is 11.9. The monoisotopic (exact) mass is 284 g/mol. The first-order chi connectivity index (χ1) is 8.79. The molecule has 1 aliphatic carbocycles. The maximum atomic E-state index is 11.9. The third kappa shape index (κ3) is 5.80. The summed E-state index contributed by atoms with van der Waals surface area (Å²) in [5.74, 6) is -2.41. The molecule has 1 atom stereocenters. The third-order valence-electron chi connectivity index (χ3n) is 2.58. The molecule has 0 radical (unpaired) electrons. The lowest BCUT2D eigenvalue weighted by molar-refractivity contribution is -0.219. The second kappa shape index (κ2) is 6.63. The summed E-state index contributed by atoms with van der Waals surface area (Å²) in [5.41, 5.74) is 0. The topological polar surface area (TPSA) is 61.8 Å². The molecule has 1 unspecified atom stereocenters. The van der Waals surface area contributed by atoms with Crippen LogP contribution in [-0.2, 0) is 19.0 Å². The van der Waals surface area contributed by atoms with Crippen molar-refractivity contribution in [2.45, 2.75) is 57.6 Å². The maximum Gasteiger partial charge on any atom is 0.511 e. The number of hydrogen-bond donors (Lipinski definition) is 0. The van der Waals surface area contributed by atoms with Gasteiger partial charge >= 0.3 is 18.3 Å². The van der Waals surface area contributed by atoms with Crippen molar-refractivity contribution in [2.75, 3.05) is 0 Å². The van der Waals surface area contributed by atoms with Crippen LogP contribution in [-0.4, -0.2) is 30.7 Å². The first-order valence-corrected chi connectivity index (χ1v) is 5.94. The van der Waals surface area contributed by atoms with Crippen LogP contribution < -0.4 is 0 Å². The normalized spacial score (nSPS) is 18.5. The van der Waals surface area contributed by atoms with E-state index < -0.39 is 24.6 Å². The number of halogens is 3. The SMILES string of the molecule is CC(OC(=O)OC1CCCCC1)OC(=O)C(F)(F)F. The Labute approximate surface area is 108 Å². The Balaban J connectivity index is 2.29. The number of ether oxygens (including phenoxy) is 3. The molecule has 1 rings (SSSR count). The Kier molecular flexibility index (Phi) is 5.44. The van der Waals surface area contributed by atoms with Crippen molar-refractivity contribution < 1.29 is 37.0 Å². The molecule has 19 heavy (non-hydrogen) atoms. The van der Waals surface area contributed by atoms with Crippen molar-refractivity contribution in [1.82, 2.24) is 0 Å². The largest absolute Gasteiger partial charge is 0.511 e. The molecule has 0 N–H and O–H groups in total. The average molecular weight is 284 g/mol. The van der Waals surface area contributed by atoms with Gasteiger partial charge in [-0.2, -0.15) is 13.2 Å². The molecule has 0 heterocycles. The van der Waals surface area contributed by atoms with Gasteiger partial charge in [0.25, 0.3) is 0 Å². The zero-order valence-electron chi connectivity index (χ0n) is 10.4. The van der Waals surface area contributed by atoms with E-state index in [2.05, 4.69) is 9.47 Å². The van der Waals surface area contributed by atoms with Gasteiger partial charge < -0.3 is 14.2 Å². The highest BCUT2D eigenvalue weighted by Crippen LogP contribution is 2.21. The van der Waals surface area contributed by atoms with Gasteiger partial charge in [-0.05, 0) is 25.7 Å². The Morgan fingerprint density at radius 1 is 1.11 bits per heavy atom. The molecule has 8 heteroatoms. The minimum atomic E-state index is -5.12. The van der Waals surface area contributed by atoms with Gasteiger partial charge in [0.1, 0.15) is 6.10 Å². The van der Waals surface area contributed by atoms with Crippen molar-refractivity contribution in [1.29, 1.82) is 0 Å². The van der Waals surface area contributed by atoms with Crippen molar-refractivity contribution in [2.24, 2.45) is 0 Å². The molecule has 1 fully saturated rings. The summed E-state index contributed by atoms with van der Waals surface area (Å²) >= 11 is 0. The molecule has 0 aromatic carbocycles. The highest BCUT2D eigenvalue weighted by molar-refractivity contribution is 5.75. The van der Waals surface area contributed by atoms with E-state index in [0.717, 1.165) is 26.2 Å². The predicted octanol–water partition coefficient (Wildman–Crippen LogP) is 2.92. The molecular weight excluding hydrogens is 269 g/mol. The first kappa shape index (κ1) is 15.6. The molecule has 0 spiro atoms. The number of alkyl halides is 3. The standard InChI is InChI=1S/C11H15F3O5/c1-7(17-9(15)11(12,13)14)18-10(16)19-8-5-3-2-4-6-8/h7-8H,2-6H2,1H3. The van der Waals surface area contributed by atoms with Crippen LogP contribution in [0.2, 0.25) is 0 Å².